The fourth-order valence-corrected chi connectivity index (χ4v) is 3.33. The molecule has 0 saturated carbocycles. The van der Waals surface area contributed by atoms with E-state index >= 15 is 0 Å². The molecule has 2 aromatic carbocycles. The number of aromatic hydroxyl groups is 1. The molecule has 1 heterocycles. The number of rotatable bonds is 3. The molecule has 1 aliphatic heterocycles. The maximum Gasteiger partial charge on any atom is 0.255 e. The zero-order valence-electron chi connectivity index (χ0n) is 14.9. The van der Waals surface area contributed by atoms with Gasteiger partial charge in [-0.3, -0.25) is 4.79 Å². The van der Waals surface area contributed by atoms with Crippen molar-refractivity contribution in [3.05, 3.63) is 70.4 Å². The van der Waals surface area contributed by atoms with Crippen LogP contribution in [0.5, 0.6) is 5.75 Å². The number of allylic oxidation sites excluding steroid dienone is 1. The number of amides is 1. The molecule has 4 N–H and O–H groups in total. The van der Waals surface area contributed by atoms with Gasteiger partial charge in [0, 0.05) is 11.4 Å². The standard InChI is InChI=1S/C20H21N3O2S/c1-11-4-9-16(12(2)10-11)22-19(25)17-13(3)21-20(26)23-18(17)14-5-7-15(24)8-6-14/h4-10,18,24H,1-3H3,(H,22,25)(H2,21,23,26)/t18-/m0/s1. The third kappa shape index (κ3) is 3.70. The number of hydrogen-bond acceptors (Lipinski definition) is 3. The Hall–Kier alpha value is -2.86. The minimum absolute atomic E-state index is 0.173. The first kappa shape index (κ1) is 17.9. The summed E-state index contributed by atoms with van der Waals surface area (Å²) in [5.41, 5.74) is 5.03. The van der Waals surface area contributed by atoms with Crippen molar-refractivity contribution in [1.82, 2.24) is 10.6 Å². The van der Waals surface area contributed by atoms with E-state index in [1.807, 2.05) is 39.0 Å². The topological polar surface area (TPSA) is 73.4 Å². The first-order valence-electron chi connectivity index (χ1n) is 8.31. The number of aryl methyl sites for hydroxylation is 2. The summed E-state index contributed by atoms with van der Waals surface area (Å²) in [5, 5.41) is 19.2. The highest BCUT2D eigenvalue weighted by Crippen LogP contribution is 2.29. The summed E-state index contributed by atoms with van der Waals surface area (Å²) >= 11 is 5.25. The second-order valence-corrected chi connectivity index (χ2v) is 6.84. The fraction of sp³-hybridized carbons (Fsp3) is 0.200. The maximum absolute atomic E-state index is 13.0. The van der Waals surface area contributed by atoms with Crippen LogP contribution in [0.2, 0.25) is 0 Å². The van der Waals surface area contributed by atoms with Gasteiger partial charge in [0.1, 0.15) is 5.75 Å². The number of carbonyl (C=O) groups is 1. The van der Waals surface area contributed by atoms with Crippen LogP contribution in [0, 0.1) is 13.8 Å². The van der Waals surface area contributed by atoms with Crippen LogP contribution >= 0.6 is 12.2 Å². The predicted octanol–water partition coefficient (Wildman–Crippen LogP) is 3.44. The molecule has 6 heteroatoms. The van der Waals surface area contributed by atoms with Crippen LogP contribution in [-0.4, -0.2) is 16.1 Å². The number of benzene rings is 2. The maximum atomic E-state index is 13.0. The third-order valence-corrected chi connectivity index (χ3v) is 4.59. The van der Waals surface area contributed by atoms with Gasteiger partial charge in [0.05, 0.1) is 11.6 Å². The fourth-order valence-electron chi connectivity index (χ4n) is 3.06. The molecule has 2 aromatic rings. The highest BCUT2D eigenvalue weighted by atomic mass is 32.1. The molecule has 26 heavy (non-hydrogen) atoms. The lowest BCUT2D eigenvalue weighted by molar-refractivity contribution is -0.113. The Morgan fingerprint density at radius 3 is 2.46 bits per heavy atom. The van der Waals surface area contributed by atoms with Gasteiger partial charge >= 0.3 is 0 Å². The molecule has 0 fully saturated rings. The van der Waals surface area contributed by atoms with Crippen molar-refractivity contribution in [2.24, 2.45) is 0 Å². The predicted molar refractivity (Wildman–Crippen MR) is 107 cm³/mol. The Morgan fingerprint density at radius 2 is 1.81 bits per heavy atom. The summed E-state index contributed by atoms with van der Waals surface area (Å²) in [4.78, 5) is 13.0. The lowest BCUT2D eigenvalue weighted by atomic mass is 9.94. The Balaban J connectivity index is 1.95. The van der Waals surface area contributed by atoms with Crippen LogP contribution in [-0.2, 0) is 4.79 Å². The van der Waals surface area contributed by atoms with Crippen LogP contribution in [0.15, 0.2) is 53.7 Å². The summed E-state index contributed by atoms with van der Waals surface area (Å²) in [6.45, 7) is 5.81. The number of hydrogen-bond donors (Lipinski definition) is 4. The van der Waals surface area contributed by atoms with Crippen LogP contribution in [0.4, 0.5) is 5.69 Å². The largest absolute Gasteiger partial charge is 0.508 e. The molecule has 1 aliphatic rings. The van der Waals surface area contributed by atoms with Crippen molar-refractivity contribution in [2.45, 2.75) is 26.8 Å². The Morgan fingerprint density at radius 1 is 1.12 bits per heavy atom. The average Bonchev–Trinajstić information content (AvgIpc) is 2.57. The monoisotopic (exact) mass is 367 g/mol. The summed E-state index contributed by atoms with van der Waals surface area (Å²) in [5.74, 6) is -0.0257. The molecule has 0 spiro atoms. The number of thiocarbonyl (C=S) groups is 1. The van der Waals surface area contributed by atoms with E-state index in [1.165, 1.54) is 0 Å². The molecular formula is C20H21N3O2S. The quantitative estimate of drug-likeness (QED) is 0.626. The molecule has 0 aromatic heterocycles. The van der Waals surface area contributed by atoms with Crippen LogP contribution in [0.25, 0.3) is 0 Å². The van der Waals surface area contributed by atoms with Crippen molar-refractivity contribution in [1.29, 1.82) is 0 Å². The van der Waals surface area contributed by atoms with Gasteiger partial charge in [0.25, 0.3) is 5.91 Å². The van der Waals surface area contributed by atoms with Crippen molar-refractivity contribution in [3.63, 3.8) is 0 Å². The Kier molecular flexibility index (Phi) is 4.95. The van der Waals surface area contributed by atoms with E-state index in [1.54, 1.807) is 24.3 Å². The molecule has 1 amide bonds. The van der Waals surface area contributed by atoms with Crippen molar-refractivity contribution in [2.75, 3.05) is 5.32 Å². The lowest BCUT2D eigenvalue weighted by Crippen LogP contribution is -2.45. The van der Waals surface area contributed by atoms with Gasteiger partial charge in [-0.1, -0.05) is 29.8 Å². The highest BCUT2D eigenvalue weighted by Gasteiger charge is 2.30. The van der Waals surface area contributed by atoms with Gasteiger partial charge in [-0.05, 0) is 62.3 Å². The van der Waals surface area contributed by atoms with Crippen molar-refractivity contribution in [3.8, 4) is 5.75 Å². The molecule has 0 radical (unpaired) electrons. The second-order valence-electron chi connectivity index (χ2n) is 6.43. The summed E-state index contributed by atoms with van der Waals surface area (Å²) in [7, 11) is 0. The molecule has 5 nitrogen and oxygen atoms in total. The van der Waals surface area contributed by atoms with Gasteiger partial charge in [0.2, 0.25) is 0 Å². The Labute approximate surface area is 158 Å². The van der Waals surface area contributed by atoms with Crippen LogP contribution < -0.4 is 16.0 Å². The molecule has 0 saturated heterocycles. The minimum atomic E-state index is -0.393. The third-order valence-electron chi connectivity index (χ3n) is 4.37. The first-order chi connectivity index (χ1) is 12.3. The van der Waals surface area contributed by atoms with Crippen molar-refractivity contribution < 1.29 is 9.90 Å². The summed E-state index contributed by atoms with van der Waals surface area (Å²) < 4.78 is 0. The zero-order chi connectivity index (χ0) is 18.8. The van der Waals surface area contributed by atoms with Crippen molar-refractivity contribution >= 4 is 28.9 Å². The van der Waals surface area contributed by atoms with E-state index in [-0.39, 0.29) is 11.7 Å². The lowest BCUT2D eigenvalue weighted by Gasteiger charge is -2.30. The highest BCUT2D eigenvalue weighted by molar-refractivity contribution is 7.80. The molecule has 3 rings (SSSR count). The van der Waals surface area contributed by atoms with E-state index in [0.29, 0.717) is 16.4 Å². The van der Waals surface area contributed by atoms with E-state index < -0.39 is 6.04 Å². The number of phenolic OH excluding ortho intramolecular Hbond substituents is 1. The number of anilines is 1. The number of phenols is 1. The molecular weight excluding hydrogens is 346 g/mol. The normalized spacial score (nSPS) is 16.7. The first-order valence-corrected chi connectivity index (χ1v) is 8.72. The molecule has 0 bridgehead atoms. The average molecular weight is 367 g/mol. The zero-order valence-corrected chi connectivity index (χ0v) is 15.7. The molecule has 1 atom stereocenters. The van der Waals surface area contributed by atoms with Gasteiger partial charge in [-0.25, -0.2) is 0 Å². The van der Waals surface area contributed by atoms with E-state index in [0.717, 1.165) is 22.4 Å². The molecule has 0 unspecified atom stereocenters. The minimum Gasteiger partial charge on any atom is -0.508 e. The van der Waals surface area contributed by atoms with E-state index in [4.69, 9.17) is 12.2 Å². The summed E-state index contributed by atoms with van der Waals surface area (Å²) in [6, 6.07) is 12.2. The second kappa shape index (κ2) is 7.17. The Bertz CT molecular complexity index is 904. The SMILES string of the molecule is CC1=C(C(=O)Nc2ccc(C)cc2C)[C@H](c2ccc(O)cc2)NC(=S)N1. The van der Waals surface area contributed by atoms with Crippen LogP contribution in [0.1, 0.15) is 29.7 Å². The van der Waals surface area contributed by atoms with Gasteiger partial charge in [-0.2, -0.15) is 0 Å². The number of nitrogens with one attached hydrogen (secondary N) is 3. The molecule has 134 valence electrons. The van der Waals surface area contributed by atoms with Gasteiger partial charge < -0.3 is 21.1 Å². The summed E-state index contributed by atoms with van der Waals surface area (Å²) in [6.07, 6.45) is 0. The van der Waals surface area contributed by atoms with Gasteiger partial charge in [-0.15, -0.1) is 0 Å². The van der Waals surface area contributed by atoms with Gasteiger partial charge in [0.15, 0.2) is 5.11 Å². The molecule has 0 aliphatic carbocycles. The van der Waals surface area contributed by atoms with Crippen LogP contribution in [0.3, 0.4) is 0 Å². The van der Waals surface area contributed by atoms with E-state index in [2.05, 4.69) is 16.0 Å². The number of carbonyl (C=O) groups excluding carboxylic acids is 1. The van der Waals surface area contributed by atoms with E-state index in [9.17, 15) is 9.90 Å². The smallest absolute Gasteiger partial charge is 0.255 e.